The standard InChI is InChI=1S/C31H34N6/c1-19(2)22-7-10-28-25(13-22)32-16-35(28)31(36-17-33-26-14-23(20(3)4)8-11-29(26)36)37-18-34-27-15-24(21(5)6)9-12-30(27)37/h7-21,31H,1-6H3. The largest absolute Gasteiger partial charge is 0.291 e. The topological polar surface area (TPSA) is 53.5 Å². The predicted molar refractivity (Wildman–Crippen MR) is 151 cm³/mol. The number of hydrogen-bond donors (Lipinski definition) is 0. The van der Waals surface area contributed by atoms with E-state index in [-0.39, 0.29) is 6.29 Å². The molecule has 0 saturated heterocycles. The van der Waals surface area contributed by atoms with Gasteiger partial charge in [0, 0.05) is 0 Å². The van der Waals surface area contributed by atoms with Gasteiger partial charge in [0.2, 0.25) is 0 Å². The Morgan fingerprint density at radius 3 is 1.03 bits per heavy atom. The van der Waals surface area contributed by atoms with E-state index < -0.39 is 0 Å². The molecule has 6 aromatic rings. The average molecular weight is 491 g/mol. The normalized spacial score (nSPS) is 12.5. The Kier molecular flexibility index (Phi) is 5.63. The summed E-state index contributed by atoms with van der Waals surface area (Å²) in [6, 6.07) is 19.8. The summed E-state index contributed by atoms with van der Waals surface area (Å²) in [4.78, 5) is 14.5. The van der Waals surface area contributed by atoms with Crippen LogP contribution in [0.5, 0.6) is 0 Å². The first-order chi connectivity index (χ1) is 17.8. The molecule has 6 rings (SSSR count). The summed E-state index contributed by atoms with van der Waals surface area (Å²) in [5, 5.41) is 0. The summed E-state index contributed by atoms with van der Waals surface area (Å²) in [5.74, 6) is 1.35. The van der Waals surface area contributed by atoms with Crippen molar-refractivity contribution in [1.82, 2.24) is 28.7 Å². The lowest BCUT2D eigenvalue weighted by Crippen LogP contribution is -2.24. The second-order valence-corrected chi connectivity index (χ2v) is 11.0. The molecule has 0 amide bonds. The number of nitrogens with zero attached hydrogens (tertiary/aromatic N) is 6. The average Bonchev–Trinajstić information content (AvgIpc) is 3.61. The summed E-state index contributed by atoms with van der Waals surface area (Å²) in [7, 11) is 0. The molecule has 0 unspecified atom stereocenters. The first kappa shape index (κ1) is 23.5. The van der Waals surface area contributed by atoms with E-state index in [1.54, 1.807) is 0 Å². The molecule has 0 fully saturated rings. The third-order valence-corrected chi connectivity index (χ3v) is 7.54. The third kappa shape index (κ3) is 3.91. The fourth-order valence-electron chi connectivity index (χ4n) is 5.18. The fraction of sp³-hybridized carbons (Fsp3) is 0.323. The highest BCUT2D eigenvalue weighted by Crippen LogP contribution is 2.31. The summed E-state index contributed by atoms with van der Waals surface area (Å²) in [6.07, 6.45) is 5.59. The predicted octanol–water partition coefficient (Wildman–Crippen LogP) is 7.66. The minimum atomic E-state index is -0.250. The first-order valence-corrected chi connectivity index (χ1v) is 13.2. The van der Waals surface area contributed by atoms with Crippen molar-refractivity contribution in [3.63, 3.8) is 0 Å². The van der Waals surface area contributed by atoms with Crippen LogP contribution >= 0.6 is 0 Å². The van der Waals surface area contributed by atoms with Crippen LogP contribution in [0, 0.1) is 0 Å². The minimum absolute atomic E-state index is 0.250. The van der Waals surface area contributed by atoms with E-state index in [2.05, 4.69) is 110 Å². The van der Waals surface area contributed by atoms with Gasteiger partial charge in [0.25, 0.3) is 0 Å². The fourth-order valence-corrected chi connectivity index (χ4v) is 5.18. The van der Waals surface area contributed by atoms with Gasteiger partial charge in [-0.25, -0.2) is 15.0 Å². The van der Waals surface area contributed by atoms with Crippen molar-refractivity contribution in [2.45, 2.75) is 65.6 Å². The van der Waals surface area contributed by atoms with Gasteiger partial charge in [0.1, 0.15) is 0 Å². The molecule has 0 aliphatic carbocycles. The van der Waals surface area contributed by atoms with Gasteiger partial charge < -0.3 is 0 Å². The van der Waals surface area contributed by atoms with E-state index in [0.29, 0.717) is 17.8 Å². The first-order valence-electron chi connectivity index (χ1n) is 13.2. The number of imidazole rings is 3. The number of fused-ring (bicyclic) bond motifs is 3. The second kappa shape index (κ2) is 8.87. The van der Waals surface area contributed by atoms with Crippen LogP contribution in [0.3, 0.4) is 0 Å². The lowest BCUT2D eigenvalue weighted by atomic mass is 10.0. The van der Waals surface area contributed by atoms with Crippen molar-refractivity contribution in [3.8, 4) is 0 Å². The Hall–Kier alpha value is -3.93. The quantitative estimate of drug-likeness (QED) is 0.241. The molecule has 0 bridgehead atoms. The summed E-state index contributed by atoms with van der Waals surface area (Å²) in [5.41, 5.74) is 10.1. The molecule has 3 heterocycles. The van der Waals surface area contributed by atoms with Crippen LogP contribution in [0.2, 0.25) is 0 Å². The maximum Gasteiger partial charge on any atom is 0.196 e. The molecule has 37 heavy (non-hydrogen) atoms. The van der Waals surface area contributed by atoms with Crippen molar-refractivity contribution in [2.75, 3.05) is 0 Å². The molecule has 0 radical (unpaired) electrons. The van der Waals surface area contributed by atoms with Crippen LogP contribution in [0.25, 0.3) is 33.1 Å². The Morgan fingerprint density at radius 1 is 0.459 bits per heavy atom. The molecule has 0 N–H and O–H groups in total. The molecule has 6 heteroatoms. The van der Waals surface area contributed by atoms with E-state index >= 15 is 0 Å². The smallest absolute Gasteiger partial charge is 0.196 e. The van der Waals surface area contributed by atoms with Crippen LogP contribution in [0.15, 0.2) is 73.6 Å². The molecule has 188 valence electrons. The van der Waals surface area contributed by atoms with Crippen molar-refractivity contribution >= 4 is 33.1 Å². The van der Waals surface area contributed by atoms with Gasteiger partial charge in [-0.3, -0.25) is 13.7 Å². The Bertz CT molecular complexity index is 1520. The third-order valence-electron chi connectivity index (χ3n) is 7.54. The van der Waals surface area contributed by atoms with Gasteiger partial charge >= 0.3 is 0 Å². The van der Waals surface area contributed by atoms with Gasteiger partial charge in [-0.1, -0.05) is 59.7 Å². The van der Waals surface area contributed by atoms with Gasteiger partial charge in [-0.05, 0) is 70.8 Å². The molecule has 3 aromatic carbocycles. The molecule has 0 saturated carbocycles. The SMILES string of the molecule is CC(C)c1ccc2c(c1)ncn2C(n1cnc2cc(C(C)C)ccc21)n1cnc2cc(C(C)C)ccc21. The highest BCUT2D eigenvalue weighted by Gasteiger charge is 2.23. The van der Waals surface area contributed by atoms with Crippen LogP contribution in [-0.2, 0) is 0 Å². The molecule has 0 aliphatic heterocycles. The van der Waals surface area contributed by atoms with E-state index in [1.165, 1.54) is 16.7 Å². The van der Waals surface area contributed by atoms with Crippen LogP contribution in [0.1, 0.15) is 82.3 Å². The van der Waals surface area contributed by atoms with E-state index in [4.69, 9.17) is 15.0 Å². The Labute approximate surface area is 217 Å². The molecule has 0 spiro atoms. The monoisotopic (exact) mass is 490 g/mol. The molecular weight excluding hydrogens is 456 g/mol. The van der Waals surface area contributed by atoms with E-state index in [0.717, 1.165) is 33.1 Å². The zero-order chi connectivity index (χ0) is 25.8. The van der Waals surface area contributed by atoms with Gasteiger partial charge in [0.05, 0.1) is 52.1 Å². The number of rotatable bonds is 6. The van der Waals surface area contributed by atoms with Crippen molar-refractivity contribution in [1.29, 1.82) is 0 Å². The maximum absolute atomic E-state index is 4.83. The molecule has 3 aromatic heterocycles. The van der Waals surface area contributed by atoms with Gasteiger partial charge in [0.15, 0.2) is 6.29 Å². The molecule has 0 atom stereocenters. The minimum Gasteiger partial charge on any atom is -0.291 e. The maximum atomic E-state index is 4.83. The Balaban J connectivity index is 1.59. The molecule has 0 aliphatic rings. The zero-order valence-corrected chi connectivity index (χ0v) is 22.4. The number of hydrogen-bond acceptors (Lipinski definition) is 3. The molecular formula is C31H34N6. The summed E-state index contributed by atoms with van der Waals surface area (Å²) in [6.45, 7) is 13.3. The second-order valence-electron chi connectivity index (χ2n) is 11.0. The van der Waals surface area contributed by atoms with Crippen LogP contribution in [-0.4, -0.2) is 28.7 Å². The van der Waals surface area contributed by atoms with Crippen molar-refractivity contribution in [3.05, 3.63) is 90.3 Å². The van der Waals surface area contributed by atoms with Crippen LogP contribution < -0.4 is 0 Å². The van der Waals surface area contributed by atoms with E-state index in [9.17, 15) is 0 Å². The summed E-state index contributed by atoms with van der Waals surface area (Å²) >= 11 is 0. The van der Waals surface area contributed by atoms with Crippen molar-refractivity contribution in [2.24, 2.45) is 0 Å². The van der Waals surface area contributed by atoms with E-state index in [1.807, 2.05) is 19.0 Å². The highest BCUT2D eigenvalue weighted by atomic mass is 15.4. The lowest BCUT2D eigenvalue weighted by Gasteiger charge is -2.24. The summed E-state index contributed by atoms with van der Waals surface area (Å²) < 4.78 is 6.69. The highest BCUT2D eigenvalue weighted by molar-refractivity contribution is 5.80. The number of benzene rings is 3. The van der Waals surface area contributed by atoms with Gasteiger partial charge in [-0.15, -0.1) is 0 Å². The van der Waals surface area contributed by atoms with Crippen LogP contribution in [0.4, 0.5) is 0 Å². The number of aromatic nitrogens is 6. The lowest BCUT2D eigenvalue weighted by molar-refractivity contribution is 0.394. The zero-order valence-electron chi connectivity index (χ0n) is 22.4. The van der Waals surface area contributed by atoms with Gasteiger partial charge in [-0.2, -0.15) is 0 Å². The Morgan fingerprint density at radius 2 is 0.757 bits per heavy atom. The molecule has 6 nitrogen and oxygen atoms in total. The van der Waals surface area contributed by atoms with Crippen molar-refractivity contribution < 1.29 is 0 Å².